The second-order valence-corrected chi connectivity index (χ2v) is 8.16. The van der Waals surface area contributed by atoms with Gasteiger partial charge < -0.3 is 19.8 Å². The Bertz CT molecular complexity index is 679. The van der Waals surface area contributed by atoms with E-state index in [1.165, 1.54) is 0 Å². The molecule has 0 bridgehead atoms. The molecular formula is C21H31N3O3. The molecule has 148 valence electrons. The Hall–Kier alpha value is -1.92. The highest BCUT2D eigenvalue weighted by atomic mass is 16.3. The number of piperidine rings is 2. The first-order valence-corrected chi connectivity index (χ1v) is 9.84. The van der Waals surface area contributed by atoms with Crippen molar-refractivity contribution in [2.24, 2.45) is 5.41 Å². The highest BCUT2D eigenvalue weighted by Crippen LogP contribution is 2.45. The van der Waals surface area contributed by atoms with Gasteiger partial charge in [0.05, 0.1) is 24.1 Å². The number of aliphatic hydroxyl groups is 1. The molecule has 27 heavy (non-hydrogen) atoms. The fourth-order valence-corrected chi connectivity index (χ4v) is 4.69. The smallest absolute Gasteiger partial charge is 0.236 e. The lowest BCUT2D eigenvalue weighted by molar-refractivity contribution is -0.166. The van der Waals surface area contributed by atoms with Gasteiger partial charge >= 0.3 is 0 Å². The Balaban J connectivity index is 1.85. The van der Waals surface area contributed by atoms with Crippen LogP contribution in [0, 0.1) is 5.41 Å². The van der Waals surface area contributed by atoms with Gasteiger partial charge in [0.1, 0.15) is 0 Å². The predicted molar refractivity (Wildman–Crippen MR) is 104 cm³/mol. The van der Waals surface area contributed by atoms with Crippen LogP contribution >= 0.6 is 0 Å². The van der Waals surface area contributed by atoms with Crippen LogP contribution in [0.4, 0.5) is 0 Å². The average molecular weight is 373 g/mol. The van der Waals surface area contributed by atoms with Gasteiger partial charge in [-0.2, -0.15) is 0 Å². The third kappa shape index (κ3) is 3.87. The van der Waals surface area contributed by atoms with Gasteiger partial charge in [0.25, 0.3) is 0 Å². The van der Waals surface area contributed by atoms with E-state index in [-0.39, 0.29) is 17.9 Å². The number of hydrogen-bond acceptors (Lipinski definition) is 4. The number of likely N-dealkylation sites (tertiary alicyclic amines) is 2. The molecular weight excluding hydrogens is 342 g/mol. The fourth-order valence-electron chi connectivity index (χ4n) is 4.69. The predicted octanol–water partition coefficient (Wildman–Crippen LogP) is 1.51. The molecule has 0 aliphatic carbocycles. The van der Waals surface area contributed by atoms with E-state index in [4.69, 9.17) is 0 Å². The van der Waals surface area contributed by atoms with E-state index in [2.05, 4.69) is 0 Å². The molecule has 2 aliphatic heterocycles. The number of rotatable bonds is 4. The monoisotopic (exact) mass is 373 g/mol. The molecule has 0 aromatic heterocycles. The van der Waals surface area contributed by atoms with Gasteiger partial charge in [0.2, 0.25) is 11.8 Å². The van der Waals surface area contributed by atoms with E-state index in [1.807, 2.05) is 66.1 Å². The summed E-state index contributed by atoms with van der Waals surface area (Å²) in [6.45, 7) is 3.94. The Kier molecular flexibility index (Phi) is 5.86. The maximum Gasteiger partial charge on any atom is 0.236 e. The lowest BCUT2D eigenvalue weighted by Gasteiger charge is -2.51. The van der Waals surface area contributed by atoms with Gasteiger partial charge in [-0.3, -0.25) is 9.59 Å². The summed E-state index contributed by atoms with van der Waals surface area (Å²) in [6.07, 6.45) is 1.31. The molecule has 2 fully saturated rings. The van der Waals surface area contributed by atoms with Crippen molar-refractivity contribution < 1.29 is 14.7 Å². The highest BCUT2D eigenvalue weighted by molar-refractivity contribution is 5.86. The topological polar surface area (TPSA) is 64.1 Å². The fraction of sp³-hybridized carbons (Fsp3) is 0.619. The summed E-state index contributed by atoms with van der Waals surface area (Å²) in [5.74, 6) is 0.126. The number of carbonyl (C=O) groups excluding carboxylic acids is 2. The summed E-state index contributed by atoms with van der Waals surface area (Å²) in [7, 11) is 3.74. The van der Waals surface area contributed by atoms with Gasteiger partial charge in [0, 0.05) is 19.6 Å². The number of likely N-dealkylation sites (N-methyl/N-ethyl adjacent to an activating group) is 2. The van der Waals surface area contributed by atoms with Crippen molar-refractivity contribution in [3.8, 4) is 0 Å². The molecule has 3 atom stereocenters. The Labute approximate surface area is 161 Å². The number of amides is 2. The van der Waals surface area contributed by atoms with E-state index >= 15 is 0 Å². The van der Waals surface area contributed by atoms with Crippen LogP contribution in [-0.2, 0) is 9.59 Å². The van der Waals surface area contributed by atoms with E-state index in [9.17, 15) is 14.7 Å². The van der Waals surface area contributed by atoms with Gasteiger partial charge in [-0.15, -0.1) is 0 Å². The summed E-state index contributed by atoms with van der Waals surface area (Å²) < 4.78 is 0. The minimum absolute atomic E-state index is 0.0506. The third-order valence-electron chi connectivity index (χ3n) is 5.88. The van der Waals surface area contributed by atoms with Crippen molar-refractivity contribution >= 4 is 11.8 Å². The van der Waals surface area contributed by atoms with Crippen molar-refractivity contribution in [2.45, 2.75) is 38.3 Å². The summed E-state index contributed by atoms with van der Waals surface area (Å²) in [6, 6.07) is 9.43. The first-order chi connectivity index (χ1) is 12.9. The SMILES string of the molecule is CCN1C(=O)[C@@]2(CCCN(C(=O)CN(C)C)C2)C[C@@H](O)[C@@H]1c1ccccc1. The average Bonchev–Trinajstić information content (AvgIpc) is 2.64. The van der Waals surface area contributed by atoms with Gasteiger partial charge in [-0.05, 0) is 45.8 Å². The zero-order chi connectivity index (χ0) is 19.6. The molecule has 1 aromatic rings. The van der Waals surface area contributed by atoms with Crippen molar-refractivity contribution in [1.82, 2.24) is 14.7 Å². The minimum Gasteiger partial charge on any atom is -0.391 e. The molecule has 0 radical (unpaired) electrons. The van der Waals surface area contributed by atoms with Crippen LogP contribution in [0.5, 0.6) is 0 Å². The quantitative estimate of drug-likeness (QED) is 0.869. The third-order valence-corrected chi connectivity index (χ3v) is 5.88. The van der Waals surface area contributed by atoms with E-state index in [0.29, 0.717) is 32.6 Å². The van der Waals surface area contributed by atoms with Crippen LogP contribution in [-0.4, -0.2) is 78.0 Å². The van der Waals surface area contributed by atoms with Crippen molar-refractivity contribution in [1.29, 1.82) is 0 Å². The molecule has 1 aromatic carbocycles. The summed E-state index contributed by atoms with van der Waals surface area (Å²) in [5, 5.41) is 11.0. The first-order valence-electron chi connectivity index (χ1n) is 9.84. The Morgan fingerprint density at radius 2 is 2.00 bits per heavy atom. The number of aliphatic hydroxyl groups excluding tert-OH is 1. The molecule has 2 amide bonds. The molecule has 3 rings (SSSR count). The van der Waals surface area contributed by atoms with Crippen molar-refractivity contribution in [3.63, 3.8) is 0 Å². The number of nitrogens with zero attached hydrogens (tertiary/aromatic N) is 3. The van der Waals surface area contributed by atoms with Crippen molar-refractivity contribution in [2.75, 3.05) is 40.3 Å². The zero-order valence-electron chi connectivity index (χ0n) is 16.6. The summed E-state index contributed by atoms with van der Waals surface area (Å²) in [5.41, 5.74) is 0.299. The lowest BCUT2D eigenvalue weighted by Crippen LogP contribution is -2.61. The van der Waals surface area contributed by atoms with Crippen LogP contribution < -0.4 is 0 Å². The molecule has 0 unspecified atom stereocenters. The maximum atomic E-state index is 13.5. The van der Waals surface area contributed by atoms with Crippen LogP contribution in [0.15, 0.2) is 30.3 Å². The second-order valence-electron chi connectivity index (χ2n) is 8.16. The van der Waals surface area contributed by atoms with E-state index in [1.54, 1.807) is 0 Å². The summed E-state index contributed by atoms with van der Waals surface area (Å²) >= 11 is 0. The lowest BCUT2D eigenvalue weighted by atomic mass is 9.69. The zero-order valence-corrected chi connectivity index (χ0v) is 16.6. The highest BCUT2D eigenvalue weighted by Gasteiger charge is 2.53. The largest absolute Gasteiger partial charge is 0.391 e. The number of benzene rings is 1. The second kappa shape index (κ2) is 7.98. The first kappa shape index (κ1) is 19.8. The molecule has 1 N–H and O–H groups in total. The molecule has 0 saturated carbocycles. The maximum absolute atomic E-state index is 13.5. The number of carbonyl (C=O) groups is 2. The number of hydrogen-bond donors (Lipinski definition) is 1. The normalized spacial score (nSPS) is 28.9. The molecule has 2 aliphatic rings. The molecule has 6 nitrogen and oxygen atoms in total. The molecule has 2 saturated heterocycles. The molecule has 6 heteroatoms. The van der Waals surface area contributed by atoms with Gasteiger partial charge in [0.15, 0.2) is 0 Å². The van der Waals surface area contributed by atoms with Crippen molar-refractivity contribution in [3.05, 3.63) is 35.9 Å². The van der Waals surface area contributed by atoms with Gasteiger partial charge in [-0.25, -0.2) is 0 Å². The molecule has 2 heterocycles. The van der Waals surface area contributed by atoms with E-state index in [0.717, 1.165) is 18.4 Å². The van der Waals surface area contributed by atoms with Crippen LogP contribution in [0.1, 0.15) is 37.8 Å². The Morgan fingerprint density at radius 1 is 1.30 bits per heavy atom. The van der Waals surface area contributed by atoms with Crippen LogP contribution in [0.25, 0.3) is 0 Å². The standard InChI is InChI=1S/C21H31N3O3/c1-4-24-19(16-9-6-5-7-10-16)17(25)13-21(20(24)27)11-8-12-23(15-21)18(26)14-22(2)3/h5-7,9-10,17,19,25H,4,8,11-15H2,1-3H3/t17-,19+,21+/m1/s1. The summed E-state index contributed by atoms with van der Waals surface area (Å²) in [4.78, 5) is 31.5. The van der Waals surface area contributed by atoms with Crippen LogP contribution in [0.2, 0.25) is 0 Å². The Morgan fingerprint density at radius 3 is 2.63 bits per heavy atom. The van der Waals surface area contributed by atoms with Gasteiger partial charge in [-0.1, -0.05) is 30.3 Å². The minimum atomic E-state index is -0.666. The van der Waals surface area contributed by atoms with E-state index < -0.39 is 11.5 Å². The molecule has 1 spiro atoms. The van der Waals surface area contributed by atoms with Crippen LogP contribution in [0.3, 0.4) is 0 Å².